The zero-order valence-corrected chi connectivity index (χ0v) is 8.34. The summed E-state index contributed by atoms with van der Waals surface area (Å²) in [5.41, 5.74) is 0. The number of hydrogen-bond acceptors (Lipinski definition) is 5. The van der Waals surface area contributed by atoms with Crippen LogP contribution in [0.25, 0.3) is 0 Å². The minimum Gasteiger partial charge on any atom is -0.412 e. The van der Waals surface area contributed by atoms with E-state index in [-0.39, 0.29) is 11.2 Å². The molecule has 6 nitrogen and oxygen atoms in total. The van der Waals surface area contributed by atoms with Gasteiger partial charge in [0.05, 0.1) is 19.0 Å². The maximum absolute atomic E-state index is 11.0. The second-order valence-corrected chi connectivity index (χ2v) is 4.30. The highest BCUT2D eigenvalue weighted by atomic mass is 32.2. The van der Waals surface area contributed by atoms with Gasteiger partial charge >= 0.3 is 0 Å². The number of hydroxylamine groups is 2. The smallest absolute Gasteiger partial charge is 0.283 e. The quantitative estimate of drug-likeness (QED) is 0.586. The topological polar surface area (TPSA) is 87.3 Å². The van der Waals surface area contributed by atoms with Gasteiger partial charge in [-0.2, -0.15) is 17.8 Å². The van der Waals surface area contributed by atoms with Gasteiger partial charge in [0.2, 0.25) is 0 Å². The lowest BCUT2D eigenvalue weighted by Gasteiger charge is -2.24. The zero-order valence-electron chi connectivity index (χ0n) is 7.52. The van der Waals surface area contributed by atoms with Crippen LogP contribution < -0.4 is 0 Å². The van der Waals surface area contributed by atoms with Gasteiger partial charge in [-0.05, 0) is 6.92 Å². The van der Waals surface area contributed by atoms with Gasteiger partial charge in [0, 0.05) is 13.1 Å². The largest absolute Gasteiger partial charge is 0.412 e. The molecule has 0 bridgehead atoms. The Morgan fingerprint density at radius 2 is 1.92 bits per heavy atom. The molecule has 0 amide bonds. The van der Waals surface area contributed by atoms with Crippen LogP contribution in [-0.4, -0.2) is 51.0 Å². The van der Waals surface area contributed by atoms with Crippen LogP contribution in [0.2, 0.25) is 0 Å². The first-order valence-corrected chi connectivity index (χ1v) is 5.47. The van der Waals surface area contributed by atoms with Gasteiger partial charge in [0.1, 0.15) is 0 Å². The molecule has 13 heavy (non-hydrogen) atoms. The fraction of sp³-hybridized carbons (Fsp3) is 1.00. The van der Waals surface area contributed by atoms with Crippen LogP contribution in [-0.2, 0) is 19.1 Å². The first-order valence-electron chi connectivity index (χ1n) is 3.89. The van der Waals surface area contributed by atoms with Gasteiger partial charge < -0.3 is 10.2 Å². The third kappa shape index (κ3) is 4.53. The fourth-order valence-corrected chi connectivity index (χ4v) is 1.41. The fourth-order valence-electron chi connectivity index (χ4n) is 0.834. The molecule has 0 unspecified atom stereocenters. The van der Waals surface area contributed by atoms with E-state index in [0.29, 0.717) is 26.3 Å². The second kappa shape index (κ2) is 5.51. The highest BCUT2D eigenvalue weighted by Gasteiger charge is 2.17. The van der Waals surface area contributed by atoms with Gasteiger partial charge in [-0.15, -0.1) is 0 Å². The molecule has 1 fully saturated rings. The number of rotatable bonds is 3. The van der Waals surface area contributed by atoms with Crippen molar-refractivity contribution >= 4 is 10.1 Å². The summed E-state index contributed by atoms with van der Waals surface area (Å²) in [6.45, 7) is 3.63. The Balaban J connectivity index is 0.00000144. The summed E-state index contributed by atoms with van der Waals surface area (Å²) in [6.07, 6.45) is 0. The van der Waals surface area contributed by atoms with Crippen molar-refractivity contribution in [3.63, 3.8) is 0 Å². The summed E-state index contributed by atoms with van der Waals surface area (Å²) < 4.78 is 31.7. The standard InChI is InChI=1S/C6H13NO4S.H2O/c1-2-12(8,9)11-7-3-5-10-6-4-7;/h2-6H2,1H3;1H2. The monoisotopic (exact) mass is 213 g/mol. The van der Waals surface area contributed by atoms with Crippen LogP contribution >= 0.6 is 0 Å². The molecular weight excluding hydrogens is 198 g/mol. The lowest BCUT2D eigenvalue weighted by molar-refractivity contribution is -0.113. The van der Waals surface area contributed by atoms with E-state index in [1.165, 1.54) is 5.06 Å². The van der Waals surface area contributed by atoms with Crippen molar-refractivity contribution in [2.45, 2.75) is 6.92 Å². The molecule has 1 saturated heterocycles. The molecule has 0 aromatic heterocycles. The predicted octanol–water partition coefficient (Wildman–Crippen LogP) is -1.22. The van der Waals surface area contributed by atoms with Gasteiger partial charge in [0.25, 0.3) is 10.1 Å². The molecule has 1 aliphatic heterocycles. The SMILES string of the molecule is CCS(=O)(=O)ON1CCOCC1.O. The first kappa shape index (κ1) is 12.8. The lowest BCUT2D eigenvalue weighted by Crippen LogP contribution is -2.38. The Morgan fingerprint density at radius 3 is 2.38 bits per heavy atom. The summed E-state index contributed by atoms with van der Waals surface area (Å²) in [7, 11) is -3.35. The average Bonchev–Trinajstić information content (AvgIpc) is 2.06. The van der Waals surface area contributed by atoms with E-state index in [4.69, 9.17) is 9.02 Å². The van der Waals surface area contributed by atoms with E-state index >= 15 is 0 Å². The van der Waals surface area contributed by atoms with Crippen molar-refractivity contribution in [2.75, 3.05) is 32.1 Å². The average molecular weight is 213 g/mol. The lowest BCUT2D eigenvalue weighted by atomic mass is 10.5. The molecule has 80 valence electrons. The number of morpholine rings is 1. The highest BCUT2D eigenvalue weighted by Crippen LogP contribution is 2.02. The van der Waals surface area contributed by atoms with E-state index < -0.39 is 10.1 Å². The maximum atomic E-state index is 11.0. The zero-order chi connectivity index (χ0) is 9.03. The van der Waals surface area contributed by atoms with Crippen LogP contribution in [0.15, 0.2) is 0 Å². The Hall–Kier alpha value is -0.210. The molecule has 0 aromatic carbocycles. The summed E-state index contributed by atoms with van der Waals surface area (Å²) in [5, 5.41) is 1.42. The molecule has 7 heteroatoms. The molecule has 2 N–H and O–H groups in total. The molecule has 0 aromatic rings. The summed E-state index contributed by atoms with van der Waals surface area (Å²) >= 11 is 0. The van der Waals surface area contributed by atoms with E-state index in [2.05, 4.69) is 0 Å². The van der Waals surface area contributed by atoms with E-state index in [1.54, 1.807) is 6.92 Å². The van der Waals surface area contributed by atoms with E-state index in [1.807, 2.05) is 0 Å². The van der Waals surface area contributed by atoms with E-state index in [9.17, 15) is 8.42 Å². The van der Waals surface area contributed by atoms with Crippen molar-refractivity contribution in [3.8, 4) is 0 Å². The van der Waals surface area contributed by atoms with Gasteiger partial charge in [-0.25, -0.2) is 0 Å². The van der Waals surface area contributed by atoms with Crippen LogP contribution in [0.3, 0.4) is 0 Å². The molecule has 1 rings (SSSR count). The normalized spacial score (nSPS) is 19.5. The molecular formula is C6H15NO5S. The van der Waals surface area contributed by atoms with Crippen LogP contribution in [0.4, 0.5) is 0 Å². The third-order valence-electron chi connectivity index (χ3n) is 1.54. The molecule has 1 heterocycles. The minimum atomic E-state index is -3.35. The molecule has 0 saturated carbocycles. The molecule has 1 aliphatic rings. The number of hydrogen-bond donors (Lipinski definition) is 0. The summed E-state index contributed by atoms with van der Waals surface area (Å²) in [4.78, 5) is 0. The van der Waals surface area contributed by atoms with E-state index in [0.717, 1.165) is 0 Å². The molecule has 0 atom stereocenters. The predicted molar refractivity (Wildman–Crippen MR) is 46.6 cm³/mol. The summed E-state index contributed by atoms with van der Waals surface area (Å²) in [5.74, 6) is 0.00432. The van der Waals surface area contributed by atoms with Gasteiger partial charge in [-0.1, -0.05) is 0 Å². The van der Waals surface area contributed by atoms with Gasteiger partial charge in [-0.3, -0.25) is 0 Å². The Labute approximate surface area is 77.8 Å². The highest BCUT2D eigenvalue weighted by molar-refractivity contribution is 7.86. The Bertz CT molecular complexity index is 221. The maximum Gasteiger partial charge on any atom is 0.283 e. The number of nitrogens with zero attached hydrogens (tertiary/aromatic N) is 1. The molecule has 0 spiro atoms. The molecule has 0 aliphatic carbocycles. The van der Waals surface area contributed by atoms with Gasteiger partial charge in [0.15, 0.2) is 0 Å². The third-order valence-corrected chi connectivity index (χ3v) is 2.69. The Kier molecular flexibility index (Phi) is 5.42. The van der Waals surface area contributed by atoms with Crippen molar-refractivity contribution in [3.05, 3.63) is 0 Å². The second-order valence-electron chi connectivity index (χ2n) is 2.46. The Morgan fingerprint density at radius 1 is 1.38 bits per heavy atom. The summed E-state index contributed by atoms with van der Waals surface area (Å²) in [6, 6.07) is 0. The van der Waals surface area contributed by atoms with Crippen molar-refractivity contribution in [1.82, 2.24) is 5.06 Å². The van der Waals surface area contributed by atoms with Crippen LogP contribution in [0, 0.1) is 0 Å². The first-order chi connectivity index (χ1) is 5.64. The molecule has 0 radical (unpaired) electrons. The van der Waals surface area contributed by atoms with Crippen molar-refractivity contribution in [1.29, 1.82) is 0 Å². The van der Waals surface area contributed by atoms with Crippen LogP contribution in [0.1, 0.15) is 6.92 Å². The van der Waals surface area contributed by atoms with Crippen LogP contribution in [0.5, 0.6) is 0 Å². The minimum absolute atomic E-state index is 0. The number of ether oxygens (including phenoxy) is 1. The van der Waals surface area contributed by atoms with Crippen molar-refractivity contribution < 1.29 is 22.9 Å². The van der Waals surface area contributed by atoms with Crippen molar-refractivity contribution in [2.24, 2.45) is 0 Å².